The number of anilines is 1. The quantitative estimate of drug-likeness (QED) is 0.585. The van der Waals surface area contributed by atoms with Crippen molar-refractivity contribution in [3.63, 3.8) is 0 Å². The highest BCUT2D eigenvalue weighted by Crippen LogP contribution is 2.23. The van der Waals surface area contributed by atoms with Crippen LogP contribution >= 0.6 is 34.8 Å². The molecule has 0 unspecified atom stereocenters. The van der Waals surface area contributed by atoms with Crippen molar-refractivity contribution in [1.29, 1.82) is 0 Å². The van der Waals surface area contributed by atoms with E-state index in [1.54, 1.807) is 31.2 Å². The Labute approximate surface area is 142 Å². The third-order valence-electron chi connectivity index (χ3n) is 2.89. The first-order valence-corrected chi connectivity index (χ1v) is 7.30. The van der Waals surface area contributed by atoms with E-state index in [-0.39, 0.29) is 10.6 Å². The Kier molecular flexibility index (Phi) is 5.29. The van der Waals surface area contributed by atoms with Crippen molar-refractivity contribution >= 4 is 52.2 Å². The summed E-state index contributed by atoms with van der Waals surface area (Å²) in [6, 6.07) is 9.73. The first kappa shape index (κ1) is 16.6. The molecular weight excluding hydrogens is 347 g/mol. The highest BCUT2D eigenvalue weighted by Gasteiger charge is 2.09. The van der Waals surface area contributed by atoms with E-state index >= 15 is 0 Å². The summed E-state index contributed by atoms with van der Waals surface area (Å²) in [4.78, 5) is 11.0. The largest absolute Gasteiger partial charge is 0.478 e. The number of nitrogens with one attached hydrogen (secondary N) is 1. The van der Waals surface area contributed by atoms with Gasteiger partial charge in [-0.05, 0) is 42.8 Å². The van der Waals surface area contributed by atoms with Crippen molar-refractivity contribution in [2.45, 2.75) is 6.92 Å². The Hall–Kier alpha value is -1.75. The molecular formula is C15H11Cl3N2O2. The molecule has 0 heterocycles. The smallest absolute Gasteiger partial charge is 0.337 e. The summed E-state index contributed by atoms with van der Waals surface area (Å²) in [7, 11) is 0. The van der Waals surface area contributed by atoms with Crippen LogP contribution in [0.25, 0.3) is 0 Å². The molecule has 0 saturated heterocycles. The lowest BCUT2D eigenvalue weighted by molar-refractivity contribution is 0.0697. The molecule has 2 N–H and O–H groups in total. The number of benzene rings is 2. The van der Waals surface area contributed by atoms with E-state index in [4.69, 9.17) is 39.9 Å². The Morgan fingerprint density at radius 1 is 1.05 bits per heavy atom. The van der Waals surface area contributed by atoms with Gasteiger partial charge in [0, 0.05) is 0 Å². The monoisotopic (exact) mass is 356 g/mol. The second-order valence-electron chi connectivity index (χ2n) is 4.44. The Balaban J connectivity index is 2.22. The lowest BCUT2D eigenvalue weighted by Crippen LogP contribution is -2.02. The fourth-order valence-corrected chi connectivity index (χ4v) is 2.19. The van der Waals surface area contributed by atoms with Gasteiger partial charge in [-0.3, -0.25) is 5.43 Å². The van der Waals surface area contributed by atoms with Gasteiger partial charge in [-0.15, -0.1) is 0 Å². The number of carboxylic acid groups (broad SMARTS) is 1. The number of carboxylic acids is 1. The van der Waals surface area contributed by atoms with Crippen LogP contribution < -0.4 is 5.43 Å². The molecule has 0 amide bonds. The van der Waals surface area contributed by atoms with Crippen LogP contribution in [-0.2, 0) is 0 Å². The van der Waals surface area contributed by atoms with Crippen LogP contribution in [0.3, 0.4) is 0 Å². The highest BCUT2D eigenvalue weighted by molar-refractivity contribution is 6.42. The molecule has 2 aromatic rings. The van der Waals surface area contributed by atoms with E-state index in [0.717, 1.165) is 5.56 Å². The fraction of sp³-hybridized carbons (Fsp3) is 0.0667. The zero-order valence-corrected chi connectivity index (χ0v) is 13.7. The van der Waals surface area contributed by atoms with Gasteiger partial charge < -0.3 is 5.11 Å². The van der Waals surface area contributed by atoms with E-state index in [1.165, 1.54) is 12.1 Å². The van der Waals surface area contributed by atoms with E-state index < -0.39 is 5.97 Å². The molecule has 7 heteroatoms. The molecule has 0 fully saturated rings. The van der Waals surface area contributed by atoms with E-state index in [9.17, 15) is 4.79 Å². The van der Waals surface area contributed by atoms with E-state index in [0.29, 0.717) is 21.4 Å². The molecule has 0 aliphatic rings. The van der Waals surface area contributed by atoms with Gasteiger partial charge in [0.2, 0.25) is 0 Å². The van der Waals surface area contributed by atoms with Crippen molar-refractivity contribution in [1.82, 2.24) is 0 Å². The van der Waals surface area contributed by atoms with Crippen LogP contribution in [0.5, 0.6) is 0 Å². The second kappa shape index (κ2) is 7.01. The van der Waals surface area contributed by atoms with E-state index in [2.05, 4.69) is 10.5 Å². The zero-order chi connectivity index (χ0) is 16.3. The normalized spacial score (nSPS) is 11.4. The van der Waals surface area contributed by atoms with Crippen LogP contribution in [0.15, 0.2) is 41.5 Å². The standard InChI is InChI=1S/C15H11Cl3N2O2/c1-8(9-2-4-13(17)14(18)6-9)19-20-10-3-5-12(16)11(7-10)15(21)22/h2-7,20H,1H3,(H,21,22)/b19-8-. The average molecular weight is 358 g/mol. The number of halogens is 3. The Bertz CT molecular complexity index is 760. The predicted molar refractivity (Wildman–Crippen MR) is 90.7 cm³/mol. The number of aromatic carboxylic acids is 1. The van der Waals surface area contributed by atoms with Crippen molar-refractivity contribution in [3.8, 4) is 0 Å². The molecule has 0 atom stereocenters. The summed E-state index contributed by atoms with van der Waals surface area (Å²) < 4.78 is 0. The van der Waals surface area contributed by atoms with Crippen molar-refractivity contribution < 1.29 is 9.90 Å². The first-order chi connectivity index (χ1) is 10.4. The zero-order valence-electron chi connectivity index (χ0n) is 11.4. The molecule has 0 spiro atoms. The van der Waals surface area contributed by atoms with Crippen LogP contribution in [0.4, 0.5) is 5.69 Å². The molecule has 0 aliphatic heterocycles. The molecule has 0 radical (unpaired) electrons. The average Bonchev–Trinajstić information content (AvgIpc) is 2.48. The number of nitrogens with zero attached hydrogens (tertiary/aromatic N) is 1. The summed E-state index contributed by atoms with van der Waals surface area (Å²) in [6.45, 7) is 1.79. The van der Waals surface area contributed by atoms with Crippen LogP contribution in [0.1, 0.15) is 22.8 Å². The minimum Gasteiger partial charge on any atom is -0.478 e. The highest BCUT2D eigenvalue weighted by atomic mass is 35.5. The van der Waals surface area contributed by atoms with Gasteiger partial charge in [0.25, 0.3) is 0 Å². The van der Waals surface area contributed by atoms with Crippen LogP contribution in [0.2, 0.25) is 15.1 Å². The minimum atomic E-state index is -1.10. The van der Waals surface area contributed by atoms with Crippen molar-refractivity contribution in [3.05, 3.63) is 62.6 Å². The molecule has 0 aromatic heterocycles. The topological polar surface area (TPSA) is 61.7 Å². The lowest BCUT2D eigenvalue weighted by atomic mass is 10.1. The fourth-order valence-electron chi connectivity index (χ4n) is 1.69. The van der Waals surface area contributed by atoms with Gasteiger partial charge in [-0.2, -0.15) is 5.10 Å². The molecule has 4 nitrogen and oxygen atoms in total. The summed E-state index contributed by atoms with van der Waals surface area (Å²) in [5.74, 6) is -1.10. The third kappa shape index (κ3) is 3.91. The first-order valence-electron chi connectivity index (χ1n) is 6.17. The van der Waals surface area contributed by atoms with Gasteiger partial charge in [-0.25, -0.2) is 4.79 Å². The summed E-state index contributed by atoms with van der Waals surface area (Å²) >= 11 is 17.6. The van der Waals surface area contributed by atoms with Crippen LogP contribution in [0, 0.1) is 0 Å². The third-order valence-corrected chi connectivity index (χ3v) is 3.96. The van der Waals surface area contributed by atoms with Crippen molar-refractivity contribution in [2.24, 2.45) is 5.10 Å². The number of hydrazone groups is 1. The molecule has 0 saturated carbocycles. The molecule has 22 heavy (non-hydrogen) atoms. The lowest BCUT2D eigenvalue weighted by Gasteiger charge is -2.06. The molecule has 2 rings (SSSR count). The molecule has 114 valence electrons. The SMILES string of the molecule is C/C(=N/Nc1ccc(Cl)c(C(=O)O)c1)c1ccc(Cl)c(Cl)c1. The van der Waals surface area contributed by atoms with Gasteiger partial charge in [-0.1, -0.05) is 40.9 Å². The minimum absolute atomic E-state index is 0.00839. The van der Waals surface area contributed by atoms with Gasteiger partial charge >= 0.3 is 5.97 Å². The van der Waals surface area contributed by atoms with Gasteiger partial charge in [0.05, 0.1) is 32.0 Å². The van der Waals surface area contributed by atoms with Gasteiger partial charge in [0.1, 0.15) is 0 Å². The van der Waals surface area contributed by atoms with E-state index in [1.807, 2.05) is 0 Å². The predicted octanol–water partition coefficient (Wildman–Crippen LogP) is 5.18. The number of rotatable bonds is 4. The van der Waals surface area contributed by atoms with Crippen LogP contribution in [-0.4, -0.2) is 16.8 Å². The number of hydrogen-bond acceptors (Lipinski definition) is 3. The number of hydrogen-bond donors (Lipinski definition) is 2. The number of carbonyl (C=O) groups is 1. The second-order valence-corrected chi connectivity index (χ2v) is 5.66. The molecule has 2 aromatic carbocycles. The maximum atomic E-state index is 11.0. The molecule has 0 bridgehead atoms. The van der Waals surface area contributed by atoms with Crippen molar-refractivity contribution in [2.75, 3.05) is 5.43 Å². The Morgan fingerprint density at radius 2 is 1.73 bits per heavy atom. The maximum absolute atomic E-state index is 11.0. The summed E-state index contributed by atoms with van der Waals surface area (Å²) in [5.41, 5.74) is 4.78. The van der Waals surface area contributed by atoms with Gasteiger partial charge in [0.15, 0.2) is 0 Å². The Morgan fingerprint density at radius 3 is 2.36 bits per heavy atom. The molecule has 0 aliphatic carbocycles. The summed E-state index contributed by atoms with van der Waals surface area (Å²) in [5, 5.41) is 14.3. The summed E-state index contributed by atoms with van der Waals surface area (Å²) in [6.07, 6.45) is 0. The maximum Gasteiger partial charge on any atom is 0.337 e.